The minimum Gasteiger partial charge on any atom is -0.449 e. The predicted molar refractivity (Wildman–Crippen MR) is 92.7 cm³/mol. The highest BCUT2D eigenvalue weighted by Gasteiger charge is 2.20. The predicted octanol–water partition coefficient (Wildman–Crippen LogP) is 4.12. The summed E-state index contributed by atoms with van der Waals surface area (Å²) in [4.78, 5) is 25.2. The molecule has 6 heteroatoms. The van der Waals surface area contributed by atoms with Crippen molar-refractivity contribution in [3.63, 3.8) is 0 Å². The van der Waals surface area contributed by atoms with Gasteiger partial charge in [-0.15, -0.1) is 11.8 Å². The monoisotopic (exact) mass is 347 g/mol. The van der Waals surface area contributed by atoms with Gasteiger partial charge in [-0.3, -0.25) is 4.79 Å². The van der Waals surface area contributed by atoms with Crippen LogP contribution in [0.1, 0.15) is 24.2 Å². The molecule has 0 aromatic heterocycles. The van der Waals surface area contributed by atoms with Crippen LogP contribution in [0.5, 0.6) is 0 Å². The summed E-state index contributed by atoms with van der Waals surface area (Å²) in [6.07, 6.45) is -0.970. The van der Waals surface area contributed by atoms with Gasteiger partial charge in [0.1, 0.15) is 5.82 Å². The number of hydrogen-bond donors (Lipinski definition) is 1. The molecule has 0 fully saturated rings. The van der Waals surface area contributed by atoms with Crippen LogP contribution in [0, 0.1) is 5.82 Å². The number of anilines is 1. The standard InChI is InChI=1S/C18H18FNO3S/c1-3-24-16-7-5-4-6-15(16)18(22)23-12(2)17(21)20-14-10-8-13(19)9-11-14/h4-12H,3H2,1-2H3,(H,20,21)/t12-/m1/s1. The number of carbonyl (C=O) groups excluding carboxylic acids is 2. The third-order valence-electron chi connectivity index (χ3n) is 3.17. The van der Waals surface area contributed by atoms with Crippen LogP contribution in [0.15, 0.2) is 53.4 Å². The zero-order valence-corrected chi connectivity index (χ0v) is 14.2. The molecule has 0 aliphatic carbocycles. The number of esters is 1. The quantitative estimate of drug-likeness (QED) is 0.631. The lowest BCUT2D eigenvalue weighted by atomic mass is 10.2. The van der Waals surface area contributed by atoms with Crippen LogP contribution in [-0.4, -0.2) is 23.7 Å². The van der Waals surface area contributed by atoms with Gasteiger partial charge in [0.25, 0.3) is 5.91 Å². The molecule has 0 saturated heterocycles. The molecule has 24 heavy (non-hydrogen) atoms. The Labute approximate surface area is 144 Å². The second-order valence-corrected chi connectivity index (χ2v) is 6.28. The van der Waals surface area contributed by atoms with Crippen LogP contribution in [-0.2, 0) is 9.53 Å². The van der Waals surface area contributed by atoms with Crippen molar-refractivity contribution in [2.75, 3.05) is 11.1 Å². The number of carbonyl (C=O) groups is 2. The van der Waals surface area contributed by atoms with E-state index in [9.17, 15) is 14.0 Å². The lowest BCUT2D eigenvalue weighted by molar-refractivity contribution is -0.123. The Morgan fingerprint density at radius 3 is 2.50 bits per heavy atom. The van der Waals surface area contributed by atoms with E-state index in [-0.39, 0.29) is 0 Å². The number of rotatable bonds is 6. The van der Waals surface area contributed by atoms with E-state index in [1.54, 1.807) is 12.1 Å². The molecule has 0 bridgehead atoms. The van der Waals surface area contributed by atoms with E-state index in [2.05, 4.69) is 5.32 Å². The van der Waals surface area contributed by atoms with E-state index in [0.29, 0.717) is 11.3 Å². The zero-order chi connectivity index (χ0) is 17.5. The van der Waals surface area contributed by atoms with Crippen LogP contribution >= 0.6 is 11.8 Å². The fourth-order valence-electron chi connectivity index (χ4n) is 1.97. The highest BCUT2D eigenvalue weighted by Crippen LogP contribution is 2.23. The van der Waals surface area contributed by atoms with Crippen molar-refractivity contribution in [1.29, 1.82) is 0 Å². The molecular weight excluding hydrogens is 329 g/mol. The Morgan fingerprint density at radius 2 is 1.83 bits per heavy atom. The molecule has 2 aromatic carbocycles. The molecule has 0 radical (unpaired) electrons. The van der Waals surface area contributed by atoms with Crippen LogP contribution in [0.25, 0.3) is 0 Å². The Balaban J connectivity index is 2.00. The van der Waals surface area contributed by atoms with Gasteiger partial charge in [0.2, 0.25) is 0 Å². The van der Waals surface area contributed by atoms with Crippen LogP contribution in [0.4, 0.5) is 10.1 Å². The smallest absolute Gasteiger partial charge is 0.340 e. The molecule has 0 saturated carbocycles. The van der Waals surface area contributed by atoms with Gasteiger partial charge >= 0.3 is 5.97 Å². The maximum absolute atomic E-state index is 12.9. The molecule has 0 aliphatic heterocycles. The number of hydrogen-bond acceptors (Lipinski definition) is 4. The fourth-order valence-corrected chi connectivity index (χ4v) is 2.76. The number of halogens is 1. The lowest BCUT2D eigenvalue weighted by Gasteiger charge is -2.15. The van der Waals surface area contributed by atoms with Crippen LogP contribution in [0.3, 0.4) is 0 Å². The molecule has 0 spiro atoms. The number of benzene rings is 2. The number of nitrogens with one attached hydrogen (secondary N) is 1. The summed E-state index contributed by atoms with van der Waals surface area (Å²) in [5, 5.41) is 2.58. The van der Waals surface area contributed by atoms with Gasteiger partial charge in [-0.2, -0.15) is 0 Å². The maximum Gasteiger partial charge on any atom is 0.340 e. The van der Waals surface area contributed by atoms with Crippen LogP contribution < -0.4 is 5.32 Å². The number of amides is 1. The first-order chi connectivity index (χ1) is 11.5. The molecule has 2 aromatic rings. The minimum atomic E-state index is -0.970. The van der Waals surface area contributed by atoms with Gasteiger partial charge in [0.15, 0.2) is 6.10 Å². The van der Waals surface area contributed by atoms with Gasteiger partial charge in [-0.25, -0.2) is 9.18 Å². The van der Waals surface area contributed by atoms with E-state index in [1.165, 1.54) is 43.0 Å². The SMILES string of the molecule is CCSc1ccccc1C(=O)O[C@H](C)C(=O)Nc1ccc(F)cc1. The average Bonchev–Trinajstić information content (AvgIpc) is 2.57. The second kappa shape index (κ2) is 8.49. The first-order valence-corrected chi connectivity index (χ1v) is 8.49. The highest BCUT2D eigenvalue weighted by molar-refractivity contribution is 7.99. The Hall–Kier alpha value is -2.34. The average molecular weight is 347 g/mol. The first-order valence-electron chi connectivity index (χ1n) is 7.50. The third-order valence-corrected chi connectivity index (χ3v) is 4.13. The summed E-state index contributed by atoms with van der Waals surface area (Å²) in [7, 11) is 0. The summed E-state index contributed by atoms with van der Waals surface area (Å²) >= 11 is 1.53. The third kappa shape index (κ3) is 4.83. The van der Waals surface area contributed by atoms with Crippen molar-refractivity contribution in [3.8, 4) is 0 Å². The summed E-state index contributed by atoms with van der Waals surface area (Å²) in [5.74, 6) is -0.591. The Bertz CT molecular complexity index is 718. The fraction of sp³-hybridized carbons (Fsp3) is 0.222. The van der Waals surface area contributed by atoms with Crippen molar-refractivity contribution in [1.82, 2.24) is 0 Å². The topological polar surface area (TPSA) is 55.4 Å². The van der Waals surface area contributed by atoms with Gasteiger partial charge < -0.3 is 10.1 Å². The summed E-state index contributed by atoms with van der Waals surface area (Å²) < 4.78 is 18.1. The van der Waals surface area contributed by atoms with E-state index in [0.717, 1.165) is 10.6 Å². The van der Waals surface area contributed by atoms with Crippen LogP contribution in [0.2, 0.25) is 0 Å². The summed E-state index contributed by atoms with van der Waals surface area (Å²) in [6.45, 7) is 3.48. The molecule has 2 rings (SSSR count). The maximum atomic E-state index is 12.9. The molecule has 0 heterocycles. The molecule has 1 N–H and O–H groups in total. The molecule has 1 amide bonds. The number of thioether (sulfide) groups is 1. The van der Waals surface area contributed by atoms with Gasteiger partial charge in [-0.1, -0.05) is 19.1 Å². The molecule has 0 aliphatic rings. The van der Waals surface area contributed by atoms with E-state index in [4.69, 9.17) is 4.74 Å². The van der Waals surface area contributed by atoms with Crippen molar-refractivity contribution in [2.24, 2.45) is 0 Å². The van der Waals surface area contributed by atoms with Gasteiger partial charge in [0, 0.05) is 10.6 Å². The van der Waals surface area contributed by atoms with E-state index >= 15 is 0 Å². The second-order valence-electron chi connectivity index (χ2n) is 4.97. The molecule has 4 nitrogen and oxygen atoms in total. The van der Waals surface area contributed by atoms with Gasteiger partial charge in [0.05, 0.1) is 5.56 Å². The Kier molecular flexibility index (Phi) is 6.37. The van der Waals surface area contributed by atoms with E-state index in [1.807, 2.05) is 19.1 Å². The summed E-state index contributed by atoms with van der Waals surface area (Å²) in [5.41, 5.74) is 0.872. The van der Waals surface area contributed by atoms with Crippen molar-refractivity contribution in [2.45, 2.75) is 24.8 Å². The first kappa shape index (κ1) is 18.0. The van der Waals surface area contributed by atoms with Crippen molar-refractivity contribution >= 4 is 29.3 Å². The molecule has 126 valence electrons. The normalized spacial score (nSPS) is 11.6. The molecule has 1 atom stereocenters. The highest BCUT2D eigenvalue weighted by atomic mass is 32.2. The Morgan fingerprint density at radius 1 is 1.17 bits per heavy atom. The molecule has 0 unspecified atom stereocenters. The molecular formula is C18H18FNO3S. The van der Waals surface area contributed by atoms with E-state index < -0.39 is 23.8 Å². The van der Waals surface area contributed by atoms with Crippen molar-refractivity contribution in [3.05, 3.63) is 59.9 Å². The lowest BCUT2D eigenvalue weighted by Crippen LogP contribution is -2.30. The number of ether oxygens (including phenoxy) is 1. The minimum absolute atomic E-state index is 0.391. The summed E-state index contributed by atoms with van der Waals surface area (Å²) in [6, 6.07) is 12.5. The van der Waals surface area contributed by atoms with Gasteiger partial charge in [-0.05, 0) is 49.1 Å². The largest absolute Gasteiger partial charge is 0.449 e. The van der Waals surface area contributed by atoms with Crippen molar-refractivity contribution < 1.29 is 18.7 Å². The zero-order valence-electron chi connectivity index (χ0n) is 13.4.